The molecule has 6 rings (SSSR count). The molecule has 4 heterocycles. The fraction of sp³-hybridized carbons (Fsp3) is 0.370. The highest BCUT2D eigenvalue weighted by molar-refractivity contribution is 6.09. The number of amides is 3. The van der Waals surface area contributed by atoms with Gasteiger partial charge >= 0.3 is 0 Å². The second kappa shape index (κ2) is 9.02. The molecule has 1 aromatic heterocycles. The molecule has 0 unspecified atom stereocenters. The highest BCUT2D eigenvalue weighted by atomic mass is 16.5. The molecule has 10 nitrogen and oxygen atoms in total. The van der Waals surface area contributed by atoms with Crippen molar-refractivity contribution < 1.29 is 19.1 Å². The van der Waals surface area contributed by atoms with Gasteiger partial charge in [0.25, 0.3) is 0 Å². The summed E-state index contributed by atoms with van der Waals surface area (Å²) in [5.74, 6) is 0.108. The molecule has 1 fully saturated rings. The standard InChI is InChI=1S/C27H28N6O4/c1-18(34)28-15-24(35)32-12-10-27-22-8-2-3-9-23(22)33(26(27)36)17-20-16-31(30-29-20)11-5-13-37-21-7-4-6-19(14-21)25(27)32/h2-4,6-9,14,16,25H,5,10-13,15,17H2,1H3,(H,28,34)/t25-,27-/m0/s1. The number of nitrogens with zero attached hydrogens (tertiary/aromatic N) is 5. The lowest BCUT2D eigenvalue weighted by molar-refractivity contribution is -0.134. The number of nitrogens with one attached hydrogen (secondary N) is 1. The van der Waals surface area contributed by atoms with Gasteiger partial charge in [0, 0.05) is 32.1 Å². The molecule has 0 saturated carbocycles. The number of hydrogen-bond donors (Lipinski definition) is 1. The van der Waals surface area contributed by atoms with Crippen LogP contribution < -0.4 is 15.0 Å². The highest BCUT2D eigenvalue weighted by Crippen LogP contribution is 2.57. The Morgan fingerprint density at radius 3 is 2.89 bits per heavy atom. The number of likely N-dealkylation sites (tertiary alicyclic amines) is 1. The average Bonchev–Trinajstić information content (AvgIpc) is 3.58. The summed E-state index contributed by atoms with van der Waals surface area (Å²) in [6.45, 7) is 3.08. The van der Waals surface area contributed by atoms with E-state index in [1.54, 1.807) is 14.5 Å². The van der Waals surface area contributed by atoms with Crippen LogP contribution in [0.3, 0.4) is 0 Å². The van der Waals surface area contributed by atoms with E-state index in [1.165, 1.54) is 6.92 Å². The summed E-state index contributed by atoms with van der Waals surface area (Å²) in [5.41, 5.74) is 2.27. The maximum Gasteiger partial charge on any atom is 0.242 e. The van der Waals surface area contributed by atoms with Crippen LogP contribution in [0.5, 0.6) is 5.75 Å². The fourth-order valence-corrected chi connectivity index (χ4v) is 5.95. The zero-order chi connectivity index (χ0) is 25.6. The molecular formula is C27H28N6O4. The number of carbonyl (C=O) groups excluding carboxylic acids is 3. The third-order valence-corrected chi connectivity index (χ3v) is 7.52. The molecule has 37 heavy (non-hydrogen) atoms. The molecule has 1 N–H and O–H groups in total. The predicted octanol–water partition coefficient (Wildman–Crippen LogP) is 1.95. The molecule has 1 spiro atoms. The smallest absolute Gasteiger partial charge is 0.242 e. The Kier molecular flexibility index (Phi) is 5.66. The summed E-state index contributed by atoms with van der Waals surface area (Å²) < 4.78 is 7.83. The van der Waals surface area contributed by atoms with Crippen molar-refractivity contribution in [3.8, 4) is 5.75 Å². The van der Waals surface area contributed by atoms with E-state index >= 15 is 0 Å². The van der Waals surface area contributed by atoms with E-state index < -0.39 is 11.5 Å². The summed E-state index contributed by atoms with van der Waals surface area (Å²) in [7, 11) is 0. The molecule has 3 aliphatic heterocycles. The van der Waals surface area contributed by atoms with Crippen LogP contribution in [0.15, 0.2) is 54.7 Å². The molecule has 1 saturated heterocycles. The van der Waals surface area contributed by atoms with Crippen molar-refractivity contribution in [2.24, 2.45) is 0 Å². The maximum absolute atomic E-state index is 14.5. The molecule has 10 heteroatoms. The first-order valence-electron chi connectivity index (χ1n) is 12.5. The summed E-state index contributed by atoms with van der Waals surface area (Å²) in [6, 6.07) is 14.9. The quantitative estimate of drug-likeness (QED) is 0.576. The van der Waals surface area contributed by atoms with Crippen molar-refractivity contribution >= 4 is 23.4 Å². The molecule has 0 radical (unpaired) electrons. The maximum atomic E-state index is 14.5. The van der Waals surface area contributed by atoms with Crippen molar-refractivity contribution in [2.75, 3.05) is 24.6 Å². The molecule has 0 aliphatic carbocycles. The van der Waals surface area contributed by atoms with Gasteiger partial charge in [0.15, 0.2) is 0 Å². The Morgan fingerprint density at radius 2 is 2.03 bits per heavy atom. The molecule has 3 amide bonds. The molecule has 6 bridgehead atoms. The Hall–Kier alpha value is -4.21. The SMILES string of the molecule is CC(=O)NCC(=O)N1CC[C@@]23C(=O)N(Cc4cn(nn4)CCCOc4cccc(c4)[C@H]12)c1ccccc13. The Morgan fingerprint density at radius 1 is 1.16 bits per heavy atom. The first-order chi connectivity index (χ1) is 18.0. The van der Waals surface area contributed by atoms with E-state index in [0.29, 0.717) is 44.1 Å². The van der Waals surface area contributed by atoms with E-state index in [2.05, 4.69) is 15.6 Å². The van der Waals surface area contributed by atoms with Gasteiger partial charge in [-0.3, -0.25) is 19.1 Å². The zero-order valence-corrected chi connectivity index (χ0v) is 20.6. The van der Waals surface area contributed by atoms with Crippen molar-refractivity contribution in [3.63, 3.8) is 0 Å². The highest BCUT2D eigenvalue weighted by Gasteiger charge is 2.61. The molecule has 2 aromatic carbocycles. The van der Waals surface area contributed by atoms with Crippen molar-refractivity contribution in [1.29, 1.82) is 0 Å². The second-order valence-corrected chi connectivity index (χ2v) is 9.78. The zero-order valence-electron chi connectivity index (χ0n) is 20.6. The topological polar surface area (TPSA) is 110 Å². The number of aromatic nitrogens is 3. The molecule has 3 aliphatic rings. The fourth-order valence-electron chi connectivity index (χ4n) is 5.95. The Labute approximate surface area is 214 Å². The monoisotopic (exact) mass is 500 g/mol. The lowest BCUT2D eigenvalue weighted by Crippen LogP contribution is -2.47. The van der Waals surface area contributed by atoms with Crippen LogP contribution in [0.2, 0.25) is 0 Å². The van der Waals surface area contributed by atoms with E-state index in [-0.39, 0.29) is 24.3 Å². The lowest BCUT2D eigenvalue weighted by atomic mass is 9.72. The van der Waals surface area contributed by atoms with Gasteiger partial charge in [-0.05, 0) is 35.7 Å². The number of fused-ring (bicyclic) bond motifs is 8. The number of aryl methyl sites for hydroxylation is 1. The van der Waals surface area contributed by atoms with Crippen LogP contribution in [0.25, 0.3) is 0 Å². The Balaban J connectivity index is 1.51. The van der Waals surface area contributed by atoms with Crippen LogP contribution in [0.4, 0.5) is 5.69 Å². The van der Waals surface area contributed by atoms with Gasteiger partial charge in [-0.2, -0.15) is 0 Å². The lowest BCUT2D eigenvalue weighted by Gasteiger charge is -2.35. The predicted molar refractivity (Wildman–Crippen MR) is 134 cm³/mol. The van der Waals surface area contributed by atoms with Crippen LogP contribution >= 0.6 is 0 Å². The molecule has 2 atom stereocenters. The largest absolute Gasteiger partial charge is 0.494 e. The van der Waals surface area contributed by atoms with Gasteiger partial charge in [-0.25, -0.2) is 0 Å². The van der Waals surface area contributed by atoms with Crippen molar-refractivity contribution in [1.82, 2.24) is 25.2 Å². The van der Waals surface area contributed by atoms with Crippen molar-refractivity contribution in [2.45, 2.75) is 44.3 Å². The number of anilines is 1. The van der Waals surface area contributed by atoms with Crippen LogP contribution in [-0.2, 0) is 32.9 Å². The normalized spacial score (nSPS) is 22.4. The first-order valence-corrected chi connectivity index (χ1v) is 12.5. The summed E-state index contributed by atoms with van der Waals surface area (Å²) in [5, 5.41) is 11.2. The summed E-state index contributed by atoms with van der Waals surface area (Å²) >= 11 is 0. The van der Waals surface area contributed by atoms with Gasteiger partial charge in [0.1, 0.15) is 16.9 Å². The minimum absolute atomic E-state index is 0.0655. The number of benzene rings is 2. The first kappa shape index (κ1) is 23.2. The number of ether oxygens (including phenoxy) is 1. The average molecular weight is 501 g/mol. The van der Waals surface area contributed by atoms with Gasteiger partial charge in [-0.15, -0.1) is 5.10 Å². The summed E-state index contributed by atoms with van der Waals surface area (Å²) in [4.78, 5) is 43.0. The van der Waals surface area contributed by atoms with Crippen LogP contribution in [0, 0.1) is 0 Å². The molecule has 3 aromatic rings. The van der Waals surface area contributed by atoms with Crippen molar-refractivity contribution in [3.05, 3.63) is 71.5 Å². The second-order valence-electron chi connectivity index (χ2n) is 9.78. The number of rotatable bonds is 2. The number of para-hydroxylation sites is 1. The van der Waals surface area contributed by atoms with Crippen LogP contribution in [0.1, 0.15) is 42.6 Å². The van der Waals surface area contributed by atoms with Gasteiger partial charge in [0.2, 0.25) is 17.7 Å². The van der Waals surface area contributed by atoms with E-state index in [4.69, 9.17) is 4.74 Å². The number of carbonyl (C=O) groups is 3. The minimum atomic E-state index is -0.975. The van der Waals surface area contributed by atoms with Gasteiger partial charge in [-0.1, -0.05) is 35.5 Å². The minimum Gasteiger partial charge on any atom is -0.494 e. The summed E-state index contributed by atoms with van der Waals surface area (Å²) in [6.07, 6.45) is 3.08. The third kappa shape index (κ3) is 3.83. The van der Waals surface area contributed by atoms with Gasteiger partial charge < -0.3 is 19.9 Å². The molecular weight excluding hydrogens is 472 g/mol. The Bertz CT molecular complexity index is 1390. The molecule has 190 valence electrons. The number of hydrogen-bond acceptors (Lipinski definition) is 6. The van der Waals surface area contributed by atoms with Gasteiger partial charge in [0.05, 0.1) is 31.9 Å². The van der Waals surface area contributed by atoms with E-state index in [9.17, 15) is 14.4 Å². The third-order valence-electron chi connectivity index (χ3n) is 7.52. The van der Waals surface area contributed by atoms with E-state index in [0.717, 1.165) is 23.2 Å². The van der Waals surface area contributed by atoms with E-state index in [1.807, 2.05) is 54.7 Å². The van der Waals surface area contributed by atoms with Crippen LogP contribution in [-0.4, -0.2) is 57.3 Å².